The first-order valence-electron chi connectivity index (χ1n) is 8.12. The van der Waals surface area contributed by atoms with Gasteiger partial charge in [-0.15, -0.1) is 11.3 Å². The van der Waals surface area contributed by atoms with Crippen molar-refractivity contribution in [1.29, 1.82) is 0 Å². The van der Waals surface area contributed by atoms with Crippen molar-refractivity contribution >= 4 is 11.3 Å². The van der Waals surface area contributed by atoms with Gasteiger partial charge in [0, 0.05) is 43.1 Å². The van der Waals surface area contributed by atoms with E-state index in [1.807, 2.05) is 24.7 Å². The highest BCUT2D eigenvalue weighted by atomic mass is 32.1. The van der Waals surface area contributed by atoms with Crippen molar-refractivity contribution in [2.45, 2.75) is 32.0 Å². The molecule has 116 valence electrons. The first-order valence-corrected chi connectivity index (χ1v) is 9.00. The van der Waals surface area contributed by atoms with Crippen LogP contribution in [0.2, 0.25) is 0 Å². The van der Waals surface area contributed by atoms with Crippen LogP contribution in [-0.2, 0) is 13.1 Å². The van der Waals surface area contributed by atoms with Crippen LogP contribution in [-0.4, -0.2) is 45.4 Å². The predicted octanol–water partition coefficient (Wildman–Crippen LogP) is 2.63. The van der Waals surface area contributed by atoms with Crippen LogP contribution < -0.4 is 0 Å². The van der Waals surface area contributed by atoms with Crippen LogP contribution in [0.25, 0.3) is 0 Å². The lowest BCUT2D eigenvalue weighted by molar-refractivity contribution is 0.103. The monoisotopic (exact) mass is 314 g/mol. The Morgan fingerprint density at radius 1 is 1.18 bits per heavy atom. The molecule has 0 unspecified atom stereocenters. The highest BCUT2D eigenvalue weighted by molar-refractivity contribution is 7.09. The van der Waals surface area contributed by atoms with E-state index in [2.05, 4.69) is 31.2 Å². The summed E-state index contributed by atoms with van der Waals surface area (Å²) < 4.78 is 0. The molecule has 0 saturated carbocycles. The molecule has 4 nitrogen and oxygen atoms in total. The molecule has 2 aromatic rings. The SMILES string of the molecule is c1cncc(CN2CC[C@H]3[C@@H](CCN3Cc3nccs3)C2)c1. The van der Waals surface area contributed by atoms with E-state index in [0.717, 1.165) is 25.0 Å². The molecule has 2 saturated heterocycles. The van der Waals surface area contributed by atoms with Gasteiger partial charge in [0.15, 0.2) is 0 Å². The normalized spacial score (nSPS) is 26.2. The lowest BCUT2D eigenvalue weighted by atomic mass is 9.92. The Morgan fingerprint density at radius 2 is 2.18 bits per heavy atom. The van der Waals surface area contributed by atoms with Crippen LogP contribution in [0.15, 0.2) is 36.1 Å². The first kappa shape index (κ1) is 14.3. The molecule has 0 amide bonds. The number of hydrogen-bond donors (Lipinski definition) is 0. The summed E-state index contributed by atoms with van der Waals surface area (Å²) in [7, 11) is 0. The van der Waals surface area contributed by atoms with Gasteiger partial charge < -0.3 is 0 Å². The molecule has 0 aromatic carbocycles. The average molecular weight is 314 g/mol. The van der Waals surface area contributed by atoms with Crippen LogP contribution in [0, 0.1) is 5.92 Å². The second kappa shape index (κ2) is 6.44. The third kappa shape index (κ3) is 3.07. The summed E-state index contributed by atoms with van der Waals surface area (Å²) in [6.45, 7) is 5.75. The third-order valence-corrected chi connectivity index (χ3v) is 5.75. The van der Waals surface area contributed by atoms with Crippen LogP contribution >= 0.6 is 11.3 Å². The number of aromatic nitrogens is 2. The van der Waals surface area contributed by atoms with Gasteiger partial charge >= 0.3 is 0 Å². The van der Waals surface area contributed by atoms with E-state index < -0.39 is 0 Å². The Hall–Kier alpha value is -1.30. The largest absolute Gasteiger partial charge is 0.299 e. The summed E-state index contributed by atoms with van der Waals surface area (Å²) in [4.78, 5) is 13.9. The van der Waals surface area contributed by atoms with Crippen molar-refractivity contribution in [3.63, 3.8) is 0 Å². The van der Waals surface area contributed by atoms with E-state index in [4.69, 9.17) is 0 Å². The summed E-state index contributed by atoms with van der Waals surface area (Å²) in [6, 6.07) is 4.98. The quantitative estimate of drug-likeness (QED) is 0.868. The molecule has 22 heavy (non-hydrogen) atoms. The highest BCUT2D eigenvalue weighted by Crippen LogP contribution is 2.33. The second-order valence-corrected chi connectivity index (χ2v) is 7.38. The van der Waals surface area contributed by atoms with Crippen molar-refractivity contribution in [3.8, 4) is 0 Å². The van der Waals surface area contributed by atoms with Crippen molar-refractivity contribution in [1.82, 2.24) is 19.8 Å². The van der Waals surface area contributed by atoms with Gasteiger partial charge in [-0.05, 0) is 43.5 Å². The zero-order valence-electron chi connectivity index (χ0n) is 12.8. The summed E-state index contributed by atoms with van der Waals surface area (Å²) in [5.74, 6) is 0.824. The fourth-order valence-corrected chi connectivity index (χ4v) is 4.59. The molecule has 0 bridgehead atoms. The standard InChI is InChI=1S/C17H22N4S/c1-2-14(10-18-5-1)11-20-7-4-16-15(12-20)3-8-21(16)13-17-19-6-9-22-17/h1-2,5-6,9-10,15-16H,3-4,7-8,11-13H2/t15-,16-/m0/s1. The molecule has 0 aliphatic carbocycles. The number of nitrogens with zero attached hydrogens (tertiary/aromatic N) is 4. The number of pyridine rings is 1. The molecular formula is C17H22N4S. The maximum absolute atomic E-state index is 4.45. The van der Waals surface area contributed by atoms with Crippen molar-refractivity contribution in [3.05, 3.63) is 46.7 Å². The van der Waals surface area contributed by atoms with E-state index >= 15 is 0 Å². The minimum Gasteiger partial charge on any atom is -0.299 e. The lowest BCUT2D eigenvalue weighted by Gasteiger charge is -2.37. The predicted molar refractivity (Wildman–Crippen MR) is 88.6 cm³/mol. The molecule has 2 fully saturated rings. The molecule has 2 aliphatic rings. The molecule has 2 atom stereocenters. The molecule has 0 radical (unpaired) electrons. The summed E-state index contributed by atoms with van der Waals surface area (Å²) >= 11 is 1.78. The number of hydrogen-bond acceptors (Lipinski definition) is 5. The molecule has 0 N–H and O–H groups in total. The van der Waals surface area contributed by atoms with Crippen LogP contribution in [0.3, 0.4) is 0 Å². The smallest absolute Gasteiger partial charge is 0.107 e. The zero-order chi connectivity index (χ0) is 14.8. The Balaban J connectivity index is 1.35. The average Bonchev–Trinajstić information content (AvgIpc) is 3.19. The van der Waals surface area contributed by atoms with Gasteiger partial charge in [0.25, 0.3) is 0 Å². The maximum Gasteiger partial charge on any atom is 0.107 e. The molecule has 2 aromatic heterocycles. The van der Waals surface area contributed by atoms with Crippen molar-refractivity contribution < 1.29 is 0 Å². The molecule has 4 rings (SSSR count). The van der Waals surface area contributed by atoms with Crippen LogP contribution in [0.5, 0.6) is 0 Å². The lowest BCUT2D eigenvalue weighted by Crippen LogP contribution is -2.45. The van der Waals surface area contributed by atoms with Gasteiger partial charge in [0.05, 0.1) is 6.54 Å². The van der Waals surface area contributed by atoms with Gasteiger partial charge in [-0.1, -0.05) is 6.07 Å². The molecular weight excluding hydrogens is 292 g/mol. The topological polar surface area (TPSA) is 32.3 Å². The van der Waals surface area contributed by atoms with E-state index in [-0.39, 0.29) is 0 Å². The minimum atomic E-state index is 0.758. The van der Waals surface area contributed by atoms with Crippen molar-refractivity contribution in [2.24, 2.45) is 5.92 Å². The van der Waals surface area contributed by atoms with Gasteiger partial charge in [-0.25, -0.2) is 4.98 Å². The Morgan fingerprint density at radius 3 is 3.00 bits per heavy atom. The number of thiazole rings is 1. The number of likely N-dealkylation sites (tertiary alicyclic amines) is 2. The van der Waals surface area contributed by atoms with E-state index in [0.29, 0.717) is 0 Å². The number of piperidine rings is 1. The van der Waals surface area contributed by atoms with Gasteiger partial charge in [0.1, 0.15) is 5.01 Å². The third-order valence-electron chi connectivity index (χ3n) is 4.98. The van der Waals surface area contributed by atoms with E-state index in [1.165, 1.54) is 43.0 Å². The molecule has 0 spiro atoms. The maximum atomic E-state index is 4.45. The Labute approximate surface area is 135 Å². The Kier molecular flexibility index (Phi) is 4.19. The van der Waals surface area contributed by atoms with Gasteiger partial charge in [-0.2, -0.15) is 0 Å². The number of fused-ring (bicyclic) bond motifs is 1. The summed E-state index contributed by atoms with van der Waals surface area (Å²) in [6.07, 6.45) is 8.39. The zero-order valence-corrected chi connectivity index (χ0v) is 13.6. The molecule has 4 heterocycles. The fraction of sp³-hybridized carbons (Fsp3) is 0.529. The number of rotatable bonds is 4. The van der Waals surface area contributed by atoms with Crippen LogP contribution in [0.4, 0.5) is 0 Å². The first-order chi connectivity index (χ1) is 10.9. The van der Waals surface area contributed by atoms with Gasteiger partial charge in [-0.3, -0.25) is 14.8 Å². The summed E-state index contributed by atoms with van der Waals surface area (Å²) in [5, 5.41) is 3.35. The minimum absolute atomic E-state index is 0.758. The van der Waals surface area contributed by atoms with Crippen LogP contribution in [0.1, 0.15) is 23.4 Å². The fourth-order valence-electron chi connectivity index (χ4n) is 3.95. The van der Waals surface area contributed by atoms with Gasteiger partial charge in [0.2, 0.25) is 0 Å². The molecule has 5 heteroatoms. The molecule has 2 aliphatic heterocycles. The Bertz CT molecular complexity index is 586. The van der Waals surface area contributed by atoms with E-state index in [9.17, 15) is 0 Å². The second-order valence-electron chi connectivity index (χ2n) is 6.40. The van der Waals surface area contributed by atoms with E-state index in [1.54, 1.807) is 11.3 Å². The highest BCUT2D eigenvalue weighted by Gasteiger charge is 2.38. The summed E-state index contributed by atoms with van der Waals surface area (Å²) in [5.41, 5.74) is 1.33. The van der Waals surface area contributed by atoms with Crippen molar-refractivity contribution in [2.75, 3.05) is 19.6 Å².